The van der Waals surface area contributed by atoms with Crippen molar-refractivity contribution in [1.82, 2.24) is 19.4 Å². The van der Waals surface area contributed by atoms with Crippen molar-refractivity contribution in [2.45, 2.75) is 75.0 Å². The Morgan fingerprint density at radius 2 is 1.93 bits per heavy atom. The second-order valence-corrected chi connectivity index (χ2v) is 10.3. The Bertz CT molecular complexity index is 890. The van der Waals surface area contributed by atoms with Crippen LogP contribution in [0.5, 0.6) is 0 Å². The molecule has 1 aliphatic rings. The minimum Gasteiger partial charge on any atom is -0.383 e. The molecule has 2 heterocycles. The number of aromatic nitrogens is 3. The van der Waals surface area contributed by atoms with Crippen molar-refractivity contribution in [3.63, 3.8) is 0 Å². The Labute approximate surface area is 180 Å². The number of methoxy groups -OCH3 is 1. The second-order valence-electron chi connectivity index (χ2n) is 8.18. The molecule has 7 nitrogen and oxygen atoms in total. The van der Waals surface area contributed by atoms with Gasteiger partial charge in [0.15, 0.2) is 0 Å². The highest BCUT2D eigenvalue weighted by Gasteiger charge is 2.33. The number of pyridine rings is 1. The zero-order valence-corrected chi connectivity index (χ0v) is 19.1. The standard InChI is InChI=1S/C22H34N4O3S/c1-18(21-12-8-9-13-23-21)25(2)17-19-16-24-22(26(19)14-15-29-3)30(27,28)20-10-6-4-5-7-11-20/h8-9,12-13,16,18,20H,4-7,10-11,14-15,17H2,1-3H3. The minimum absolute atomic E-state index is 0.0962. The molecule has 0 aromatic carbocycles. The molecule has 0 bridgehead atoms. The highest BCUT2D eigenvalue weighted by Crippen LogP contribution is 2.28. The van der Waals surface area contributed by atoms with Crippen LogP contribution >= 0.6 is 0 Å². The molecule has 0 aliphatic heterocycles. The summed E-state index contributed by atoms with van der Waals surface area (Å²) in [5, 5.41) is -0.137. The van der Waals surface area contributed by atoms with Crippen molar-refractivity contribution >= 4 is 9.84 Å². The Balaban J connectivity index is 1.85. The van der Waals surface area contributed by atoms with Gasteiger partial charge in [-0.1, -0.05) is 31.7 Å². The molecule has 0 N–H and O–H groups in total. The maximum atomic E-state index is 13.4. The van der Waals surface area contributed by atoms with Crippen molar-refractivity contribution in [1.29, 1.82) is 0 Å². The van der Waals surface area contributed by atoms with Gasteiger partial charge in [0.25, 0.3) is 0 Å². The Hall–Kier alpha value is -1.77. The van der Waals surface area contributed by atoms with Crippen LogP contribution in [0, 0.1) is 0 Å². The summed E-state index contributed by atoms with van der Waals surface area (Å²) in [5.74, 6) is 0. The topological polar surface area (TPSA) is 77.3 Å². The van der Waals surface area contributed by atoms with E-state index >= 15 is 0 Å². The molecule has 2 aromatic heterocycles. The number of ether oxygens (including phenoxy) is 1. The van der Waals surface area contributed by atoms with Gasteiger partial charge in [0.05, 0.1) is 29.4 Å². The Kier molecular flexibility index (Phi) is 8.02. The highest BCUT2D eigenvalue weighted by molar-refractivity contribution is 7.91. The molecule has 3 rings (SSSR count). The first kappa shape index (κ1) is 22.9. The third-order valence-electron chi connectivity index (χ3n) is 6.10. The number of nitrogens with zero attached hydrogens (tertiary/aromatic N) is 4. The van der Waals surface area contributed by atoms with Crippen molar-refractivity contribution < 1.29 is 13.2 Å². The average molecular weight is 435 g/mol. The molecule has 0 spiro atoms. The van der Waals surface area contributed by atoms with E-state index in [0.717, 1.165) is 49.9 Å². The van der Waals surface area contributed by atoms with Gasteiger partial charge in [0.1, 0.15) is 0 Å². The first-order valence-electron chi connectivity index (χ1n) is 10.8. The third kappa shape index (κ3) is 5.28. The maximum absolute atomic E-state index is 13.4. The van der Waals surface area contributed by atoms with Crippen molar-refractivity contribution in [2.24, 2.45) is 0 Å². The van der Waals surface area contributed by atoms with Gasteiger partial charge >= 0.3 is 0 Å². The van der Waals surface area contributed by atoms with Gasteiger partial charge in [0.2, 0.25) is 15.0 Å². The summed E-state index contributed by atoms with van der Waals surface area (Å²) in [7, 11) is 0.182. The molecule has 0 radical (unpaired) electrons. The van der Waals surface area contributed by atoms with E-state index < -0.39 is 9.84 Å². The molecular formula is C22H34N4O3S. The van der Waals surface area contributed by atoms with Crippen LogP contribution in [0.3, 0.4) is 0 Å². The summed E-state index contributed by atoms with van der Waals surface area (Å²) >= 11 is 0. The Morgan fingerprint density at radius 3 is 2.57 bits per heavy atom. The summed E-state index contributed by atoms with van der Waals surface area (Å²) < 4.78 is 34.0. The fourth-order valence-corrected chi connectivity index (χ4v) is 6.08. The van der Waals surface area contributed by atoms with Crippen molar-refractivity contribution in [2.75, 3.05) is 20.8 Å². The number of imidazole rings is 1. The quantitative estimate of drug-likeness (QED) is 0.561. The Morgan fingerprint density at radius 1 is 1.20 bits per heavy atom. The second kappa shape index (κ2) is 10.5. The van der Waals surface area contributed by atoms with Crippen LogP contribution in [0.2, 0.25) is 0 Å². The molecule has 0 amide bonds. The third-order valence-corrected chi connectivity index (χ3v) is 8.29. The van der Waals surface area contributed by atoms with Crippen molar-refractivity contribution in [3.8, 4) is 0 Å². The molecule has 1 aliphatic carbocycles. The van der Waals surface area contributed by atoms with Crippen molar-refractivity contribution in [3.05, 3.63) is 42.0 Å². The first-order valence-corrected chi connectivity index (χ1v) is 12.4. The van der Waals surface area contributed by atoms with Crippen LogP contribution in [0.15, 0.2) is 35.7 Å². The molecule has 1 saturated carbocycles. The van der Waals surface area contributed by atoms with Gasteiger partial charge in [-0.05, 0) is 38.9 Å². The zero-order valence-electron chi connectivity index (χ0n) is 18.3. The lowest BCUT2D eigenvalue weighted by atomic mass is 10.2. The fraction of sp³-hybridized carbons (Fsp3) is 0.636. The molecule has 166 valence electrons. The summed E-state index contributed by atoms with van der Waals surface area (Å²) in [5.41, 5.74) is 1.86. The lowest BCUT2D eigenvalue weighted by Gasteiger charge is -2.25. The maximum Gasteiger partial charge on any atom is 0.228 e. The predicted molar refractivity (Wildman–Crippen MR) is 117 cm³/mol. The smallest absolute Gasteiger partial charge is 0.228 e. The molecule has 30 heavy (non-hydrogen) atoms. The SMILES string of the molecule is COCCn1c(CN(C)C(C)c2ccccn2)cnc1S(=O)(=O)C1CCCCCC1. The number of rotatable bonds is 9. The molecule has 0 saturated heterocycles. The van der Waals surface area contributed by atoms with Gasteiger partial charge in [-0.2, -0.15) is 0 Å². The summed E-state index contributed by atoms with van der Waals surface area (Å²) in [4.78, 5) is 11.0. The summed E-state index contributed by atoms with van der Waals surface area (Å²) in [6.07, 6.45) is 9.13. The average Bonchev–Trinajstić information content (AvgIpc) is 2.96. The molecule has 1 fully saturated rings. The highest BCUT2D eigenvalue weighted by atomic mass is 32.2. The molecule has 2 aromatic rings. The molecule has 1 unspecified atom stereocenters. The molecule has 1 atom stereocenters. The predicted octanol–water partition coefficient (Wildman–Crippen LogP) is 3.61. The number of hydrogen-bond acceptors (Lipinski definition) is 6. The number of hydrogen-bond donors (Lipinski definition) is 0. The van der Waals surface area contributed by atoms with Crippen LogP contribution in [0.1, 0.15) is 62.9 Å². The fourth-order valence-electron chi connectivity index (χ4n) is 4.11. The summed E-state index contributed by atoms with van der Waals surface area (Å²) in [6, 6.07) is 5.98. The summed E-state index contributed by atoms with van der Waals surface area (Å²) in [6.45, 7) is 3.59. The van der Waals surface area contributed by atoms with Crippen LogP contribution in [-0.2, 0) is 27.7 Å². The number of sulfone groups is 1. The van der Waals surface area contributed by atoms with E-state index in [2.05, 4.69) is 21.8 Å². The molecule has 8 heteroatoms. The first-order chi connectivity index (χ1) is 14.4. The monoisotopic (exact) mass is 434 g/mol. The minimum atomic E-state index is -3.47. The lowest BCUT2D eigenvalue weighted by molar-refractivity contribution is 0.180. The van der Waals surface area contributed by atoms with E-state index in [4.69, 9.17) is 4.74 Å². The van der Waals surface area contributed by atoms with E-state index in [1.165, 1.54) is 0 Å². The largest absolute Gasteiger partial charge is 0.383 e. The van der Waals surface area contributed by atoms with Gasteiger partial charge in [-0.25, -0.2) is 13.4 Å². The van der Waals surface area contributed by atoms with E-state index in [9.17, 15) is 8.42 Å². The van der Waals surface area contributed by atoms with Gasteiger partial charge in [0, 0.05) is 32.4 Å². The van der Waals surface area contributed by atoms with Gasteiger partial charge in [-0.15, -0.1) is 0 Å². The van der Waals surface area contributed by atoms with Crippen LogP contribution in [0.25, 0.3) is 0 Å². The normalized spacial score (nSPS) is 17.2. The van der Waals surface area contributed by atoms with Gasteiger partial charge in [-0.3, -0.25) is 9.88 Å². The van der Waals surface area contributed by atoms with E-state index in [1.807, 2.05) is 29.8 Å². The van der Waals surface area contributed by atoms with Crippen LogP contribution < -0.4 is 0 Å². The van der Waals surface area contributed by atoms with E-state index in [0.29, 0.717) is 19.7 Å². The van der Waals surface area contributed by atoms with Crippen LogP contribution in [-0.4, -0.2) is 53.9 Å². The molecular weight excluding hydrogens is 400 g/mol. The lowest BCUT2D eigenvalue weighted by Crippen LogP contribution is -2.27. The van der Waals surface area contributed by atoms with Gasteiger partial charge < -0.3 is 9.30 Å². The van der Waals surface area contributed by atoms with E-state index in [-0.39, 0.29) is 16.4 Å². The zero-order chi connectivity index (χ0) is 21.6. The van der Waals surface area contributed by atoms with Crippen LogP contribution in [0.4, 0.5) is 0 Å². The van der Waals surface area contributed by atoms with E-state index in [1.54, 1.807) is 19.5 Å².